The molecule has 2 amide bonds. The molecule has 0 unspecified atom stereocenters. The van der Waals surface area contributed by atoms with Crippen LogP contribution in [0.5, 0.6) is 0 Å². The van der Waals surface area contributed by atoms with Crippen molar-refractivity contribution >= 4 is 33.2 Å². The molecule has 0 radical (unpaired) electrons. The highest BCUT2D eigenvalue weighted by Crippen LogP contribution is 2.23. The fourth-order valence-corrected chi connectivity index (χ4v) is 5.17. The minimum atomic E-state index is -3.78. The van der Waals surface area contributed by atoms with Crippen molar-refractivity contribution in [1.82, 2.24) is 5.32 Å². The molecule has 7 nitrogen and oxygen atoms in total. The lowest BCUT2D eigenvalue weighted by Crippen LogP contribution is -2.35. The number of piperidine rings is 1. The summed E-state index contributed by atoms with van der Waals surface area (Å²) >= 11 is 0. The van der Waals surface area contributed by atoms with Gasteiger partial charge in [0.15, 0.2) is 0 Å². The van der Waals surface area contributed by atoms with Gasteiger partial charge in [-0.15, -0.1) is 0 Å². The number of hydrogen-bond donors (Lipinski definition) is 2. The third-order valence-corrected chi connectivity index (χ3v) is 7.66. The summed E-state index contributed by atoms with van der Waals surface area (Å²) in [6.07, 6.45) is 2.47. The summed E-state index contributed by atoms with van der Waals surface area (Å²) in [5, 5.41) is 2.86. The van der Waals surface area contributed by atoms with Gasteiger partial charge in [-0.05, 0) is 85.8 Å². The molecule has 35 heavy (non-hydrogen) atoms. The Morgan fingerprint density at radius 3 is 2.46 bits per heavy atom. The van der Waals surface area contributed by atoms with Gasteiger partial charge in [-0.1, -0.05) is 24.3 Å². The number of carbonyl (C=O) groups excluding carboxylic acids is 2. The maximum atomic E-state index is 12.8. The highest BCUT2D eigenvalue weighted by Gasteiger charge is 2.20. The zero-order chi connectivity index (χ0) is 25.0. The Morgan fingerprint density at radius 1 is 0.971 bits per heavy atom. The second-order valence-electron chi connectivity index (χ2n) is 8.73. The normalized spacial score (nSPS) is 14.0. The van der Waals surface area contributed by atoms with Crippen molar-refractivity contribution in [3.8, 4) is 0 Å². The maximum absolute atomic E-state index is 12.8. The van der Waals surface area contributed by atoms with E-state index in [0.717, 1.165) is 35.2 Å². The summed E-state index contributed by atoms with van der Waals surface area (Å²) in [7, 11) is -3.78. The van der Waals surface area contributed by atoms with Crippen molar-refractivity contribution in [1.29, 1.82) is 0 Å². The van der Waals surface area contributed by atoms with Crippen molar-refractivity contribution in [2.75, 3.05) is 16.2 Å². The van der Waals surface area contributed by atoms with Crippen LogP contribution < -0.4 is 14.9 Å². The van der Waals surface area contributed by atoms with Crippen LogP contribution in [0.15, 0.2) is 71.6 Å². The summed E-state index contributed by atoms with van der Waals surface area (Å²) < 4.78 is 28.2. The summed E-state index contributed by atoms with van der Waals surface area (Å²) in [6.45, 7) is 4.79. The van der Waals surface area contributed by atoms with E-state index < -0.39 is 10.0 Å². The van der Waals surface area contributed by atoms with Gasteiger partial charge in [0.05, 0.1) is 10.6 Å². The van der Waals surface area contributed by atoms with Crippen molar-refractivity contribution in [2.45, 2.75) is 44.6 Å². The lowest BCUT2D eigenvalue weighted by Gasteiger charge is -2.27. The number of amides is 2. The van der Waals surface area contributed by atoms with Crippen LogP contribution in [0.25, 0.3) is 0 Å². The first-order valence-corrected chi connectivity index (χ1v) is 13.1. The lowest BCUT2D eigenvalue weighted by molar-refractivity contribution is -0.119. The molecule has 0 spiro atoms. The van der Waals surface area contributed by atoms with Gasteiger partial charge in [0, 0.05) is 30.8 Å². The molecule has 8 heteroatoms. The molecule has 0 saturated carbocycles. The predicted octanol–water partition coefficient (Wildman–Crippen LogP) is 4.55. The van der Waals surface area contributed by atoms with E-state index in [4.69, 9.17) is 0 Å². The zero-order valence-corrected chi connectivity index (χ0v) is 20.7. The molecule has 0 aromatic heterocycles. The Hall–Kier alpha value is -3.65. The van der Waals surface area contributed by atoms with E-state index in [1.54, 1.807) is 17.0 Å². The third kappa shape index (κ3) is 5.71. The van der Waals surface area contributed by atoms with Crippen LogP contribution in [0.4, 0.5) is 11.4 Å². The molecule has 0 bridgehead atoms. The molecule has 3 aromatic carbocycles. The fraction of sp³-hybridized carbons (Fsp3) is 0.259. The second kappa shape index (κ2) is 10.3. The van der Waals surface area contributed by atoms with Crippen LogP contribution in [-0.4, -0.2) is 26.8 Å². The van der Waals surface area contributed by atoms with Crippen LogP contribution in [0.3, 0.4) is 0 Å². The predicted molar refractivity (Wildman–Crippen MR) is 137 cm³/mol. The Labute approximate surface area is 206 Å². The quantitative estimate of drug-likeness (QED) is 0.507. The number of benzene rings is 3. The summed E-state index contributed by atoms with van der Waals surface area (Å²) in [5.74, 6) is -0.185. The standard InChI is InChI=1S/C27H29N3O4S/c1-19-7-5-10-25(20(19)2)29-35(33,34)24-14-12-22(13-15-24)27(32)28-18-21-8-6-9-23(17-21)30-16-4-3-11-26(30)31/h5-10,12-15,17,29H,3-4,11,16,18H2,1-2H3,(H,28,32). The fourth-order valence-electron chi connectivity index (χ4n) is 4.05. The molecule has 4 rings (SSSR count). The highest BCUT2D eigenvalue weighted by atomic mass is 32.2. The average molecular weight is 492 g/mol. The summed E-state index contributed by atoms with van der Waals surface area (Å²) in [5.41, 5.74) is 4.46. The second-order valence-corrected chi connectivity index (χ2v) is 10.4. The topological polar surface area (TPSA) is 95.6 Å². The number of carbonyl (C=O) groups is 2. The van der Waals surface area contributed by atoms with E-state index in [9.17, 15) is 18.0 Å². The van der Waals surface area contributed by atoms with Crippen LogP contribution in [0.2, 0.25) is 0 Å². The minimum absolute atomic E-state index is 0.0776. The van der Waals surface area contributed by atoms with Crippen molar-refractivity contribution in [3.05, 3.63) is 89.0 Å². The van der Waals surface area contributed by atoms with Gasteiger partial charge < -0.3 is 10.2 Å². The first-order valence-electron chi connectivity index (χ1n) is 11.6. The molecule has 0 atom stereocenters. The molecular weight excluding hydrogens is 462 g/mol. The molecule has 182 valence electrons. The van der Waals surface area contributed by atoms with Gasteiger partial charge in [-0.3, -0.25) is 14.3 Å². The molecule has 0 aliphatic carbocycles. The van der Waals surface area contributed by atoms with Crippen molar-refractivity contribution in [2.24, 2.45) is 0 Å². The zero-order valence-electron chi connectivity index (χ0n) is 19.9. The first-order chi connectivity index (χ1) is 16.7. The van der Waals surface area contributed by atoms with Crippen LogP contribution >= 0.6 is 0 Å². The Bertz CT molecular complexity index is 1350. The number of sulfonamides is 1. The highest BCUT2D eigenvalue weighted by molar-refractivity contribution is 7.92. The van der Waals surface area contributed by atoms with Crippen molar-refractivity contribution in [3.63, 3.8) is 0 Å². The van der Waals surface area contributed by atoms with Gasteiger partial charge in [0.25, 0.3) is 15.9 Å². The Balaban J connectivity index is 1.40. The molecular formula is C27H29N3O4S. The molecule has 1 heterocycles. The smallest absolute Gasteiger partial charge is 0.261 e. The number of aryl methyl sites for hydroxylation is 1. The average Bonchev–Trinajstić information content (AvgIpc) is 2.86. The van der Waals surface area contributed by atoms with Gasteiger partial charge >= 0.3 is 0 Å². The molecule has 3 aromatic rings. The van der Waals surface area contributed by atoms with Crippen molar-refractivity contribution < 1.29 is 18.0 Å². The third-order valence-electron chi connectivity index (χ3n) is 6.27. The summed E-state index contributed by atoms with van der Waals surface area (Å²) in [6, 6.07) is 18.9. The van der Waals surface area contributed by atoms with E-state index in [1.165, 1.54) is 24.3 Å². The summed E-state index contributed by atoms with van der Waals surface area (Å²) in [4.78, 5) is 26.7. The van der Waals surface area contributed by atoms with Crippen LogP contribution in [-0.2, 0) is 21.4 Å². The monoisotopic (exact) mass is 491 g/mol. The molecule has 1 saturated heterocycles. The molecule has 1 fully saturated rings. The largest absolute Gasteiger partial charge is 0.348 e. The van der Waals surface area contributed by atoms with E-state index >= 15 is 0 Å². The SMILES string of the molecule is Cc1cccc(NS(=O)(=O)c2ccc(C(=O)NCc3cccc(N4CCCCC4=O)c3)cc2)c1C. The van der Waals surface area contributed by atoms with Crippen LogP contribution in [0.1, 0.15) is 46.3 Å². The number of rotatable bonds is 7. The first kappa shape index (κ1) is 24.5. The number of anilines is 2. The number of hydrogen-bond acceptors (Lipinski definition) is 4. The van der Waals surface area contributed by atoms with Gasteiger partial charge in [0.2, 0.25) is 5.91 Å². The Kier molecular flexibility index (Phi) is 7.21. The van der Waals surface area contributed by atoms with Gasteiger partial charge in [0.1, 0.15) is 0 Å². The van der Waals surface area contributed by atoms with E-state index in [1.807, 2.05) is 44.2 Å². The number of nitrogens with zero attached hydrogens (tertiary/aromatic N) is 1. The van der Waals surface area contributed by atoms with Gasteiger partial charge in [-0.25, -0.2) is 8.42 Å². The van der Waals surface area contributed by atoms with E-state index in [0.29, 0.717) is 30.8 Å². The lowest BCUT2D eigenvalue weighted by atomic mass is 10.1. The number of nitrogens with one attached hydrogen (secondary N) is 2. The van der Waals surface area contributed by atoms with Crippen LogP contribution in [0, 0.1) is 13.8 Å². The molecule has 2 N–H and O–H groups in total. The van der Waals surface area contributed by atoms with E-state index in [2.05, 4.69) is 10.0 Å². The van der Waals surface area contributed by atoms with Gasteiger partial charge in [-0.2, -0.15) is 0 Å². The maximum Gasteiger partial charge on any atom is 0.261 e. The molecule has 1 aliphatic heterocycles. The minimum Gasteiger partial charge on any atom is -0.348 e. The van der Waals surface area contributed by atoms with E-state index in [-0.39, 0.29) is 16.7 Å². The Morgan fingerprint density at radius 2 is 1.71 bits per heavy atom. The molecule has 1 aliphatic rings.